The first kappa shape index (κ1) is 12.5. The number of nitrogens with zero attached hydrogens (tertiary/aromatic N) is 4. The zero-order chi connectivity index (χ0) is 15.1. The van der Waals surface area contributed by atoms with Gasteiger partial charge in [-0.2, -0.15) is 5.10 Å². The van der Waals surface area contributed by atoms with Crippen molar-refractivity contribution >= 4 is 28.3 Å². The van der Waals surface area contributed by atoms with Gasteiger partial charge in [0.25, 0.3) is 5.91 Å². The molecule has 0 atom stereocenters. The first-order valence-electron chi connectivity index (χ1n) is 6.78. The van der Waals surface area contributed by atoms with E-state index in [1.54, 1.807) is 18.3 Å². The highest BCUT2D eigenvalue weighted by atomic mass is 16.1. The van der Waals surface area contributed by atoms with Crippen LogP contribution in [-0.4, -0.2) is 30.7 Å². The largest absolute Gasteiger partial charge is 0.305 e. The molecular weight excluding hydrogens is 280 g/mol. The van der Waals surface area contributed by atoms with Crippen LogP contribution >= 0.6 is 0 Å². The number of amides is 1. The quantitative estimate of drug-likeness (QED) is 0.592. The number of nitrogens with one attached hydrogen (secondary N) is 2. The zero-order valence-electron chi connectivity index (χ0n) is 11.7. The van der Waals surface area contributed by atoms with Crippen LogP contribution in [0.15, 0.2) is 42.6 Å². The molecule has 0 saturated carbocycles. The lowest BCUT2D eigenvalue weighted by Gasteiger charge is -2.03. The minimum Gasteiger partial charge on any atom is -0.305 e. The molecule has 0 bridgehead atoms. The van der Waals surface area contributed by atoms with Crippen LogP contribution in [0.3, 0.4) is 0 Å². The maximum absolute atomic E-state index is 12.4. The summed E-state index contributed by atoms with van der Waals surface area (Å²) in [5, 5.41) is 18.7. The van der Waals surface area contributed by atoms with E-state index in [-0.39, 0.29) is 5.91 Å². The van der Waals surface area contributed by atoms with Crippen LogP contribution in [0.2, 0.25) is 0 Å². The van der Waals surface area contributed by atoms with E-state index < -0.39 is 0 Å². The summed E-state index contributed by atoms with van der Waals surface area (Å²) in [5.41, 5.74) is 2.02. The fourth-order valence-corrected chi connectivity index (χ4v) is 2.39. The molecule has 0 radical (unpaired) electrons. The van der Waals surface area contributed by atoms with E-state index in [1.807, 2.05) is 35.6 Å². The van der Waals surface area contributed by atoms with Crippen LogP contribution in [0.25, 0.3) is 16.6 Å². The number of hydrogen-bond donors (Lipinski definition) is 2. The standard InChI is InChI=1S/C15H12N6O/c1-9-17-19-13-8-10(6-7-21(9)13)15(22)16-14-11-4-2-3-5-12(11)18-20-14/h2-8H,1H3,(H2,16,18,20,22). The first-order valence-corrected chi connectivity index (χ1v) is 6.78. The molecular formula is C15H12N6O. The Morgan fingerprint density at radius 3 is 3.00 bits per heavy atom. The first-order chi connectivity index (χ1) is 10.7. The van der Waals surface area contributed by atoms with Crippen LogP contribution in [0.5, 0.6) is 0 Å². The number of H-pyrrole nitrogens is 1. The Hall–Kier alpha value is -3.22. The second-order valence-corrected chi connectivity index (χ2v) is 4.96. The van der Waals surface area contributed by atoms with Crippen LogP contribution in [-0.2, 0) is 0 Å². The molecule has 3 aromatic heterocycles. The zero-order valence-corrected chi connectivity index (χ0v) is 11.7. The molecule has 0 aliphatic rings. The molecule has 0 aliphatic heterocycles. The predicted molar refractivity (Wildman–Crippen MR) is 81.8 cm³/mol. The number of anilines is 1. The Labute approximate surface area is 125 Å². The average molecular weight is 292 g/mol. The minimum atomic E-state index is -0.236. The number of aromatic amines is 1. The van der Waals surface area contributed by atoms with Gasteiger partial charge in [-0.3, -0.25) is 14.3 Å². The number of aryl methyl sites for hydroxylation is 1. The van der Waals surface area contributed by atoms with Gasteiger partial charge >= 0.3 is 0 Å². The second kappa shape index (κ2) is 4.66. The monoisotopic (exact) mass is 292 g/mol. The molecule has 1 aromatic carbocycles. The normalized spacial score (nSPS) is 11.1. The lowest BCUT2D eigenvalue weighted by Crippen LogP contribution is -2.12. The van der Waals surface area contributed by atoms with Gasteiger partial charge in [0.05, 0.1) is 5.52 Å². The number of carbonyl (C=O) groups excluding carboxylic acids is 1. The van der Waals surface area contributed by atoms with Crippen LogP contribution in [0, 0.1) is 6.92 Å². The summed E-state index contributed by atoms with van der Waals surface area (Å²) in [4.78, 5) is 12.4. The van der Waals surface area contributed by atoms with Gasteiger partial charge in [-0.1, -0.05) is 12.1 Å². The summed E-state index contributed by atoms with van der Waals surface area (Å²) in [7, 11) is 0. The van der Waals surface area contributed by atoms with Gasteiger partial charge in [-0.05, 0) is 31.2 Å². The van der Waals surface area contributed by atoms with Gasteiger partial charge in [0, 0.05) is 17.1 Å². The second-order valence-electron chi connectivity index (χ2n) is 4.96. The molecule has 0 aliphatic carbocycles. The third kappa shape index (κ3) is 1.91. The highest BCUT2D eigenvalue weighted by Gasteiger charge is 2.12. The predicted octanol–water partition coefficient (Wildman–Crippen LogP) is 2.17. The van der Waals surface area contributed by atoms with E-state index in [4.69, 9.17) is 0 Å². The van der Waals surface area contributed by atoms with Gasteiger partial charge in [-0.25, -0.2) is 0 Å². The summed E-state index contributed by atoms with van der Waals surface area (Å²) in [6, 6.07) is 11.0. The van der Waals surface area contributed by atoms with E-state index in [0.29, 0.717) is 17.0 Å². The van der Waals surface area contributed by atoms with Gasteiger partial charge in [0.2, 0.25) is 0 Å². The van der Waals surface area contributed by atoms with Crippen molar-refractivity contribution in [3.05, 3.63) is 54.0 Å². The number of benzene rings is 1. The highest BCUT2D eigenvalue weighted by molar-refractivity contribution is 6.08. The molecule has 7 nitrogen and oxygen atoms in total. The molecule has 0 saturated heterocycles. The molecule has 2 N–H and O–H groups in total. The van der Waals surface area contributed by atoms with E-state index in [2.05, 4.69) is 25.7 Å². The molecule has 0 fully saturated rings. The van der Waals surface area contributed by atoms with Crippen LogP contribution in [0.4, 0.5) is 5.82 Å². The molecule has 1 amide bonds. The summed E-state index contributed by atoms with van der Waals surface area (Å²) in [6.45, 7) is 1.86. The van der Waals surface area contributed by atoms with Crippen molar-refractivity contribution in [2.45, 2.75) is 6.92 Å². The number of pyridine rings is 1. The number of carbonyl (C=O) groups is 1. The Balaban J connectivity index is 1.68. The maximum atomic E-state index is 12.4. The van der Waals surface area contributed by atoms with Crippen molar-refractivity contribution in [1.82, 2.24) is 24.8 Å². The van der Waals surface area contributed by atoms with Crippen molar-refractivity contribution < 1.29 is 4.79 Å². The summed E-state index contributed by atoms with van der Waals surface area (Å²) in [5.74, 6) is 1.05. The summed E-state index contributed by atoms with van der Waals surface area (Å²) >= 11 is 0. The lowest BCUT2D eigenvalue weighted by atomic mass is 10.2. The van der Waals surface area contributed by atoms with Gasteiger partial charge < -0.3 is 5.32 Å². The molecule has 4 rings (SSSR count). The number of aromatic nitrogens is 5. The number of hydrogen-bond acceptors (Lipinski definition) is 4. The van der Waals surface area contributed by atoms with Crippen molar-refractivity contribution in [3.8, 4) is 0 Å². The Morgan fingerprint density at radius 1 is 1.23 bits per heavy atom. The third-order valence-electron chi connectivity index (χ3n) is 3.54. The van der Waals surface area contributed by atoms with Crippen molar-refractivity contribution in [2.75, 3.05) is 5.32 Å². The third-order valence-corrected chi connectivity index (χ3v) is 3.54. The smallest absolute Gasteiger partial charge is 0.257 e. The highest BCUT2D eigenvalue weighted by Crippen LogP contribution is 2.20. The molecule has 0 unspecified atom stereocenters. The van der Waals surface area contributed by atoms with Crippen molar-refractivity contribution in [3.63, 3.8) is 0 Å². The number of rotatable bonds is 2. The molecule has 7 heteroatoms. The van der Waals surface area contributed by atoms with E-state index in [0.717, 1.165) is 16.7 Å². The van der Waals surface area contributed by atoms with Gasteiger partial charge in [0.15, 0.2) is 11.5 Å². The van der Waals surface area contributed by atoms with Crippen molar-refractivity contribution in [1.29, 1.82) is 0 Å². The Morgan fingerprint density at radius 2 is 2.09 bits per heavy atom. The van der Waals surface area contributed by atoms with E-state index >= 15 is 0 Å². The van der Waals surface area contributed by atoms with E-state index in [1.165, 1.54) is 0 Å². The maximum Gasteiger partial charge on any atom is 0.257 e. The summed E-state index contributed by atoms with van der Waals surface area (Å²) < 4.78 is 1.82. The molecule has 22 heavy (non-hydrogen) atoms. The van der Waals surface area contributed by atoms with Crippen LogP contribution < -0.4 is 5.32 Å². The van der Waals surface area contributed by atoms with Crippen molar-refractivity contribution in [2.24, 2.45) is 0 Å². The topological polar surface area (TPSA) is 88.0 Å². The molecule has 4 aromatic rings. The molecule has 108 valence electrons. The minimum absolute atomic E-state index is 0.236. The lowest BCUT2D eigenvalue weighted by molar-refractivity contribution is 0.102. The average Bonchev–Trinajstić information content (AvgIpc) is 3.12. The van der Waals surface area contributed by atoms with E-state index in [9.17, 15) is 4.79 Å². The van der Waals surface area contributed by atoms with Crippen LogP contribution in [0.1, 0.15) is 16.2 Å². The number of fused-ring (bicyclic) bond motifs is 2. The van der Waals surface area contributed by atoms with Gasteiger partial charge in [-0.15, -0.1) is 10.2 Å². The Kier molecular flexibility index (Phi) is 2.65. The summed E-state index contributed by atoms with van der Waals surface area (Å²) in [6.07, 6.45) is 1.78. The molecule has 0 spiro atoms. The fraction of sp³-hybridized carbons (Fsp3) is 0.0667. The number of para-hydroxylation sites is 1. The Bertz CT molecular complexity index is 1000. The SMILES string of the molecule is Cc1nnc2cc(C(=O)Nc3n[nH]c4ccccc34)ccn12. The molecule has 3 heterocycles. The fourth-order valence-electron chi connectivity index (χ4n) is 2.39. The van der Waals surface area contributed by atoms with Gasteiger partial charge in [0.1, 0.15) is 5.82 Å².